The fraction of sp³-hybridized carbons (Fsp3) is 0.467. The van der Waals surface area contributed by atoms with Gasteiger partial charge in [-0.3, -0.25) is 4.90 Å². The Bertz CT molecular complexity index is 581. The quantitative estimate of drug-likeness (QED) is 0.888. The number of fused-ring (bicyclic) bond motifs is 1. The van der Waals surface area contributed by atoms with Gasteiger partial charge in [0.25, 0.3) is 0 Å². The van der Waals surface area contributed by atoms with E-state index < -0.39 is 0 Å². The maximum absolute atomic E-state index is 4.78. The zero-order chi connectivity index (χ0) is 13.2. The van der Waals surface area contributed by atoms with Crippen molar-refractivity contribution in [3.8, 4) is 0 Å². The normalized spacial score (nSPS) is 20.8. The van der Waals surface area contributed by atoms with Crippen LogP contribution < -0.4 is 5.32 Å². The van der Waals surface area contributed by atoms with Gasteiger partial charge in [0, 0.05) is 32.2 Å². The van der Waals surface area contributed by atoms with E-state index in [0.717, 1.165) is 48.6 Å². The average Bonchev–Trinajstić information content (AvgIpc) is 2.42. The van der Waals surface area contributed by atoms with Crippen LogP contribution >= 0.6 is 0 Å². The van der Waals surface area contributed by atoms with Crippen molar-refractivity contribution in [1.29, 1.82) is 0 Å². The lowest BCUT2D eigenvalue weighted by atomic mass is 10.2. The molecular formula is C15H20N4. The molecule has 1 aromatic heterocycles. The number of piperazine rings is 1. The number of hydrogen-bond donors (Lipinski definition) is 1. The Kier molecular flexibility index (Phi) is 3.44. The zero-order valence-electron chi connectivity index (χ0n) is 11.6. The van der Waals surface area contributed by atoms with E-state index in [1.807, 2.05) is 24.3 Å². The molecule has 1 aliphatic heterocycles. The second kappa shape index (κ2) is 5.23. The van der Waals surface area contributed by atoms with Crippen molar-refractivity contribution < 1.29 is 0 Å². The van der Waals surface area contributed by atoms with Crippen LogP contribution in [0.3, 0.4) is 0 Å². The van der Waals surface area contributed by atoms with E-state index in [-0.39, 0.29) is 0 Å². The van der Waals surface area contributed by atoms with Crippen molar-refractivity contribution in [2.75, 3.05) is 19.6 Å². The van der Waals surface area contributed by atoms with Crippen LogP contribution in [0, 0.1) is 6.92 Å². The predicted octanol–water partition coefficient (Wildman–Crippen LogP) is 1.73. The number of para-hydroxylation sites is 2. The van der Waals surface area contributed by atoms with Crippen molar-refractivity contribution in [1.82, 2.24) is 20.2 Å². The standard InChI is InChI=1S/C15H20N4/c1-11-9-16-7-8-19(11)10-15-12(2)17-13-5-3-4-6-14(13)18-15/h3-6,11,16H,7-10H2,1-2H3/t11-/m1/s1. The highest BCUT2D eigenvalue weighted by atomic mass is 15.2. The molecule has 19 heavy (non-hydrogen) atoms. The topological polar surface area (TPSA) is 41.1 Å². The second-order valence-electron chi connectivity index (χ2n) is 5.27. The summed E-state index contributed by atoms with van der Waals surface area (Å²) in [6.45, 7) is 8.41. The summed E-state index contributed by atoms with van der Waals surface area (Å²) >= 11 is 0. The van der Waals surface area contributed by atoms with E-state index in [1.165, 1.54) is 0 Å². The third kappa shape index (κ3) is 2.60. The van der Waals surface area contributed by atoms with Crippen LogP contribution in [-0.4, -0.2) is 40.5 Å². The molecule has 1 saturated heterocycles. The van der Waals surface area contributed by atoms with E-state index in [9.17, 15) is 0 Å². The van der Waals surface area contributed by atoms with Crippen molar-refractivity contribution in [3.05, 3.63) is 35.7 Å². The van der Waals surface area contributed by atoms with Crippen LogP contribution in [-0.2, 0) is 6.54 Å². The molecule has 0 saturated carbocycles. The van der Waals surface area contributed by atoms with Crippen molar-refractivity contribution in [2.24, 2.45) is 0 Å². The monoisotopic (exact) mass is 256 g/mol. The molecule has 2 heterocycles. The first-order valence-electron chi connectivity index (χ1n) is 6.91. The summed E-state index contributed by atoms with van der Waals surface area (Å²) in [7, 11) is 0. The SMILES string of the molecule is Cc1nc2ccccc2nc1CN1CCNC[C@H]1C. The minimum atomic E-state index is 0.557. The lowest BCUT2D eigenvalue weighted by Crippen LogP contribution is -2.49. The van der Waals surface area contributed by atoms with Crippen LogP contribution in [0.4, 0.5) is 0 Å². The number of nitrogens with one attached hydrogen (secondary N) is 1. The summed E-state index contributed by atoms with van der Waals surface area (Å²) in [5.74, 6) is 0. The first-order valence-corrected chi connectivity index (χ1v) is 6.91. The number of benzene rings is 1. The molecule has 2 aromatic rings. The van der Waals surface area contributed by atoms with Gasteiger partial charge >= 0.3 is 0 Å². The number of aromatic nitrogens is 2. The summed E-state index contributed by atoms with van der Waals surface area (Å²) in [5, 5.41) is 3.42. The summed E-state index contributed by atoms with van der Waals surface area (Å²) < 4.78 is 0. The third-order valence-corrected chi connectivity index (χ3v) is 3.83. The predicted molar refractivity (Wildman–Crippen MR) is 77.0 cm³/mol. The Balaban J connectivity index is 1.89. The van der Waals surface area contributed by atoms with Crippen LogP contribution in [0.2, 0.25) is 0 Å². The molecule has 0 aliphatic carbocycles. The van der Waals surface area contributed by atoms with Gasteiger partial charge in [0.05, 0.1) is 22.4 Å². The fourth-order valence-corrected chi connectivity index (χ4v) is 2.58. The summed E-state index contributed by atoms with van der Waals surface area (Å²) in [6, 6.07) is 8.64. The van der Waals surface area contributed by atoms with E-state index in [1.54, 1.807) is 0 Å². The molecule has 0 unspecified atom stereocenters. The molecule has 4 heteroatoms. The highest BCUT2D eigenvalue weighted by Crippen LogP contribution is 2.15. The summed E-state index contributed by atoms with van der Waals surface area (Å²) in [6.07, 6.45) is 0. The van der Waals surface area contributed by atoms with Crippen LogP contribution in [0.1, 0.15) is 18.3 Å². The largest absolute Gasteiger partial charge is 0.314 e. The minimum absolute atomic E-state index is 0.557. The molecule has 1 aliphatic rings. The first-order chi connectivity index (χ1) is 9.24. The smallest absolute Gasteiger partial charge is 0.0890 e. The molecule has 0 amide bonds. The van der Waals surface area contributed by atoms with E-state index in [0.29, 0.717) is 6.04 Å². The minimum Gasteiger partial charge on any atom is -0.314 e. The molecule has 1 N–H and O–H groups in total. The Hall–Kier alpha value is -1.52. The Morgan fingerprint density at radius 3 is 2.74 bits per heavy atom. The summed E-state index contributed by atoms with van der Waals surface area (Å²) in [5.41, 5.74) is 4.12. The maximum atomic E-state index is 4.78. The number of rotatable bonds is 2. The van der Waals surface area contributed by atoms with Crippen molar-refractivity contribution in [2.45, 2.75) is 26.4 Å². The molecule has 3 rings (SSSR count). The third-order valence-electron chi connectivity index (χ3n) is 3.83. The molecule has 0 bridgehead atoms. The first kappa shape index (κ1) is 12.5. The Labute approximate surface area is 113 Å². The van der Waals surface area contributed by atoms with E-state index in [4.69, 9.17) is 4.98 Å². The van der Waals surface area contributed by atoms with Gasteiger partial charge in [-0.25, -0.2) is 9.97 Å². The van der Waals surface area contributed by atoms with Gasteiger partial charge < -0.3 is 5.32 Å². The highest BCUT2D eigenvalue weighted by Gasteiger charge is 2.19. The fourth-order valence-electron chi connectivity index (χ4n) is 2.58. The second-order valence-corrected chi connectivity index (χ2v) is 5.27. The maximum Gasteiger partial charge on any atom is 0.0890 e. The van der Waals surface area contributed by atoms with Gasteiger partial charge in [-0.1, -0.05) is 12.1 Å². The molecular weight excluding hydrogens is 236 g/mol. The Morgan fingerprint density at radius 1 is 1.26 bits per heavy atom. The Morgan fingerprint density at radius 2 is 2.00 bits per heavy atom. The van der Waals surface area contributed by atoms with Crippen molar-refractivity contribution in [3.63, 3.8) is 0 Å². The number of nitrogens with zero attached hydrogens (tertiary/aromatic N) is 3. The average molecular weight is 256 g/mol. The van der Waals surface area contributed by atoms with Gasteiger partial charge in [-0.15, -0.1) is 0 Å². The zero-order valence-corrected chi connectivity index (χ0v) is 11.6. The van der Waals surface area contributed by atoms with Gasteiger partial charge in [0.1, 0.15) is 0 Å². The van der Waals surface area contributed by atoms with E-state index in [2.05, 4.69) is 29.0 Å². The van der Waals surface area contributed by atoms with Gasteiger partial charge in [-0.2, -0.15) is 0 Å². The molecule has 4 nitrogen and oxygen atoms in total. The highest BCUT2D eigenvalue weighted by molar-refractivity contribution is 5.74. The van der Waals surface area contributed by atoms with Crippen molar-refractivity contribution >= 4 is 11.0 Å². The molecule has 100 valence electrons. The molecule has 1 fully saturated rings. The molecule has 0 spiro atoms. The van der Waals surface area contributed by atoms with Gasteiger partial charge in [0.2, 0.25) is 0 Å². The lowest BCUT2D eigenvalue weighted by molar-refractivity contribution is 0.163. The van der Waals surface area contributed by atoms with E-state index >= 15 is 0 Å². The van der Waals surface area contributed by atoms with Crippen LogP contribution in [0.5, 0.6) is 0 Å². The lowest BCUT2D eigenvalue weighted by Gasteiger charge is -2.33. The van der Waals surface area contributed by atoms with Gasteiger partial charge in [0.15, 0.2) is 0 Å². The number of hydrogen-bond acceptors (Lipinski definition) is 4. The summed E-state index contributed by atoms with van der Waals surface area (Å²) in [4.78, 5) is 11.9. The molecule has 0 radical (unpaired) electrons. The van der Waals surface area contributed by atoms with Crippen LogP contribution in [0.25, 0.3) is 11.0 Å². The molecule has 1 atom stereocenters. The van der Waals surface area contributed by atoms with Gasteiger partial charge in [-0.05, 0) is 26.0 Å². The number of aryl methyl sites for hydroxylation is 1. The molecule has 1 aromatic carbocycles. The van der Waals surface area contributed by atoms with Crippen LogP contribution in [0.15, 0.2) is 24.3 Å².